The molecule has 2 atom stereocenters. The first-order valence-electron chi connectivity index (χ1n) is 8.13. The van der Waals surface area contributed by atoms with Crippen LogP contribution in [-0.2, 0) is 11.2 Å². The topological polar surface area (TPSA) is 30.5 Å². The number of hydrogen-bond acceptors (Lipinski definition) is 3. The van der Waals surface area contributed by atoms with E-state index in [1.807, 2.05) is 0 Å². The average molecular weight is 293 g/mol. The fourth-order valence-corrected chi connectivity index (χ4v) is 2.19. The van der Waals surface area contributed by atoms with Gasteiger partial charge < -0.3 is 14.8 Å². The standard InChI is InChI=1S/C18H31NO2/c1-5-13-19-15(2)6-7-17-8-10-18(11-9-17)21-16(3)12-14-20-4/h8-11,15-16,19H,5-7,12-14H2,1-4H3. The third kappa shape index (κ3) is 8.08. The molecule has 3 nitrogen and oxygen atoms in total. The van der Waals surface area contributed by atoms with E-state index < -0.39 is 0 Å². The van der Waals surface area contributed by atoms with Crippen LogP contribution in [-0.4, -0.2) is 32.4 Å². The number of nitrogens with one attached hydrogen (secondary N) is 1. The molecule has 0 heterocycles. The van der Waals surface area contributed by atoms with Crippen molar-refractivity contribution >= 4 is 0 Å². The highest BCUT2D eigenvalue weighted by atomic mass is 16.5. The van der Waals surface area contributed by atoms with Gasteiger partial charge in [0, 0.05) is 26.2 Å². The van der Waals surface area contributed by atoms with E-state index in [4.69, 9.17) is 9.47 Å². The normalized spacial score (nSPS) is 13.9. The van der Waals surface area contributed by atoms with E-state index in [1.165, 1.54) is 18.4 Å². The molecule has 0 saturated carbocycles. The van der Waals surface area contributed by atoms with Gasteiger partial charge in [-0.25, -0.2) is 0 Å². The van der Waals surface area contributed by atoms with Crippen molar-refractivity contribution in [3.63, 3.8) is 0 Å². The van der Waals surface area contributed by atoms with Crippen LogP contribution in [0.4, 0.5) is 0 Å². The summed E-state index contributed by atoms with van der Waals surface area (Å²) in [5.74, 6) is 0.944. The minimum atomic E-state index is 0.189. The first-order chi connectivity index (χ1) is 10.2. The van der Waals surface area contributed by atoms with Crippen LogP contribution in [0.15, 0.2) is 24.3 Å². The largest absolute Gasteiger partial charge is 0.491 e. The Labute approximate surface area is 130 Å². The lowest BCUT2D eigenvalue weighted by atomic mass is 10.1. The van der Waals surface area contributed by atoms with Gasteiger partial charge in [0.2, 0.25) is 0 Å². The van der Waals surface area contributed by atoms with Crippen LogP contribution < -0.4 is 10.1 Å². The molecule has 1 rings (SSSR count). The van der Waals surface area contributed by atoms with E-state index in [2.05, 4.69) is 50.4 Å². The lowest BCUT2D eigenvalue weighted by Crippen LogP contribution is -2.27. The monoisotopic (exact) mass is 293 g/mol. The molecule has 21 heavy (non-hydrogen) atoms. The summed E-state index contributed by atoms with van der Waals surface area (Å²) in [6, 6.07) is 9.07. The second-order valence-corrected chi connectivity index (χ2v) is 5.75. The van der Waals surface area contributed by atoms with E-state index in [-0.39, 0.29) is 6.10 Å². The Hall–Kier alpha value is -1.06. The van der Waals surface area contributed by atoms with Gasteiger partial charge in [0.15, 0.2) is 0 Å². The predicted octanol–water partition coefficient (Wildman–Crippen LogP) is 3.81. The Morgan fingerprint density at radius 2 is 1.81 bits per heavy atom. The van der Waals surface area contributed by atoms with Crippen LogP contribution in [0.3, 0.4) is 0 Å². The molecule has 3 heteroatoms. The van der Waals surface area contributed by atoms with E-state index in [1.54, 1.807) is 7.11 Å². The highest BCUT2D eigenvalue weighted by molar-refractivity contribution is 5.27. The lowest BCUT2D eigenvalue weighted by molar-refractivity contribution is 0.135. The summed E-state index contributed by atoms with van der Waals surface area (Å²) in [5, 5.41) is 3.52. The lowest BCUT2D eigenvalue weighted by Gasteiger charge is -2.15. The molecule has 1 aromatic rings. The zero-order valence-electron chi connectivity index (χ0n) is 14.0. The molecule has 0 bridgehead atoms. The maximum Gasteiger partial charge on any atom is 0.119 e. The van der Waals surface area contributed by atoms with E-state index in [9.17, 15) is 0 Å². The SMILES string of the molecule is CCCNC(C)CCc1ccc(OC(C)CCOC)cc1. The predicted molar refractivity (Wildman–Crippen MR) is 89.1 cm³/mol. The molecule has 0 aliphatic heterocycles. The van der Waals surface area contributed by atoms with Crippen LogP contribution in [0.25, 0.3) is 0 Å². The number of aryl methyl sites for hydroxylation is 1. The Kier molecular flexibility index (Phi) is 9.11. The average Bonchev–Trinajstić information content (AvgIpc) is 2.50. The van der Waals surface area contributed by atoms with Gasteiger partial charge in [-0.05, 0) is 57.4 Å². The van der Waals surface area contributed by atoms with Gasteiger partial charge in [-0.1, -0.05) is 19.1 Å². The highest BCUT2D eigenvalue weighted by Crippen LogP contribution is 2.16. The number of rotatable bonds is 11. The summed E-state index contributed by atoms with van der Waals surface area (Å²) in [6.07, 6.45) is 4.58. The fourth-order valence-electron chi connectivity index (χ4n) is 2.19. The van der Waals surface area contributed by atoms with E-state index >= 15 is 0 Å². The Morgan fingerprint density at radius 1 is 1.10 bits per heavy atom. The molecule has 0 radical (unpaired) electrons. The third-order valence-electron chi connectivity index (χ3n) is 3.60. The Morgan fingerprint density at radius 3 is 2.43 bits per heavy atom. The molecule has 1 N–H and O–H groups in total. The summed E-state index contributed by atoms with van der Waals surface area (Å²) in [7, 11) is 1.72. The maximum absolute atomic E-state index is 5.86. The van der Waals surface area contributed by atoms with Gasteiger partial charge in [-0.3, -0.25) is 0 Å². The van der Waals surface area contributed by atoms with Crippen LogP contribution in [0, 0.1) is 0 Å². The van der Waals surface area contributed by atoms with Crippen molar-refractivity contribution in [1.82, 2.24) is 5.32 Å². The van der Waals surface area contributed by atoms with Crippen molar-refractivity contribution in [2.75, 3.05) is 20.3 Å². The molecule has 120 valence electrons. The molecule has 2 unspecified atom stereocenters. The first kappa shape index (κ1) is 18.0. The van der Waals surface area contributed by atoms with Gasteiger partial charge in [0.05, 0.1) is 6.10 Å². The molecular weight excluding hydrogens is 262 g/mol. The zero-order chi connectivity index (χ0) is 15.5. The summed E-state index contributed by atoms with van der Waals surface area (Å²) in [5.41, 5.74) is 1.37. The molecule has 0 aliphatic rings. The van der Waals surface area contributed by atoms with Crippen molar-refractivity contribution in [2.24, 2.45) is 0 Å². The second-order valence-electron chi connectivity index (χ2n) is 5.75. The van der Waals surface area contributed by atoms with Gasteiger partial charge in [0.1, 0.15) is 5.75 Å². The van der Waals surface area contributed by atoms with E-state index in [0.717, 1.165) is 31.7 Å². The number of ether oxygens (including phenoxy) is 2. The quantitative estimate of drug-likeness (QED) is 0.673. The summed E-state index contributed by atoms with van der Waals surface area (Å²) in [4.78, 5) is 0. The smallest absolute Gasteiger partial charge is 0.119 e. The van der Waals surface area contributed by atoms with Crippen molar-refractivity contribution < 1.29 is 9.47 Å². The second kappa shape index (κ2) is 10.6. The summed E-state index contributed by atoms with van der Waals surface area (Å²) in [6.45, 7) is 8.37. The molecular formula is C18H31NO2. The van der Waals surface area contributed by atoms with Gasteiger partial charge in [-0.2, -0.15) is 0 Å². The summed E-state index contributed by atoms with van der Waals surface area (Å²) >= 11 is 0. The molecule has 0 amide bonds. The molecule has 1 aromatic carbocycles. The first-order valence-corrected chi connectivity index (χ1v) is 8.13. The van der Waals surface area contributed by atoms with Crippen LogP contribution in [0.5, 0.6) is 5.75 Å². The number of methoxy groups -OCH3 is 1. The fraction of sp³-hybridized carbons (Fsp3) is 0.667. The highest BCUT2D eigenvalue weighted by Gasteiger charge is 2.05. The van der Waals surface area contributed by atoms with Crippen LogP contribution >= 0.6 is 0 Å². The summed E-state index contributed by atoms with van der Waals surface area (Å²) < 4.78 is 10.9. The van der Waals surface area contributed by atoms with Gasteiger partial charge >= 0.3 is 0 Å². The minimum Gasteiger partial charge on any atom is -0.491 e. The van der Waals surface area contributed by atoms with Gasteiger partial charge in [-0.15, -0.1) is 0 Å². The number of hydrogen-bond donors (Lipinski definition) is 1. The number of benzene rings is 1. The van der Waals surface area contributed by atoms with Crippen molar-refractivity contribution in [1.29, 1.82) is 0 Å². The molecule has 0 aliphatic carbocycles. The van der Waals surface area contributed by atoms with Gasteiger partial charge in [0.25, 0.3) is 0 Å². The molecule has 0 spiro atoms. The van der Waals surface area contributed by atoms with E-state index in [0.29, 0.717) is 6.04 Å². The van der Waals surface area contributed by atoms with Crippen molar-refractivity contribution in [2.45, 2.75) is 58.6 Å². The Balaban J connectivity index is 2.32. The third-order valence-corrected chi connectivity index (χ3v) is 3.60. The maximum atomic E-state index is 5.86. The van der Waals surface area contributed by atoms with Crippen molar-refractivity contribution in [3.05, 3.63) is 29.8 Å². The molecule has 0 aromatic heterocycles. The zero-order valence-corrected chi connectivity index (χ0v) is 14.0. The Bertz CT molecular complexity index is 364. The van der Waals surface area contributed by atoms with Crippen LogP contribution in [0.2, 0.25) is 0 Å². The minimum absolute atomic E-state index is 0.189. The molecule has 0 saturated heterocycles. The van der Waals surface area contributed by atoms with Crippen LogP contribution in [0.1, 0.15) is 45.6 Å². The molecule has 0 fully saturated rings. The van der Waals surface area contributed by atoms with Crippen molar-refractivity contribution in [3.8, 4) is 5.75 Å².